The molecule has 8 heteroatoms. The highest BCUT2D eigenvalue weighted by Gasteiger charge is 2.17. The van der Waals surface area contributed by atoms with Crippen LogP contribution in [0.15, 0.2) is 15.3 Å². The van der Waals surface area contributed by atoms with Gasteiger partial charge in [0.1, 0.15) is 11.8 Å². The highest BCUT2D eigenvalue weighted by atomic mass is 32.2. The van der Waals surface area contributed by atoms with E-state index in [0.717, 1.165) is 4.70 Å². The largest absolute Gasteiger partial charge is 0.610 e. The summed E-state index contributed by atoms with van der Waals surface area (Å²) in [5.74, 6) is 0. The maximum Gasteiger partial charge on any atom is 0.303 e. The van der Waals surface area contributed by atoms with Gasteiger partial charge in [-0.1, -0.05) is 11.3 Å². The average Bonchev–Trinajstić information content (AvgIpc) is 2.76. The van der Waals surface area contributed by atoms with Crippen LogP contribution < -0.4 is 5.56 Å². The molecule has 0 amide bonds. The Kier molecular flexibility index (Phi) is 2.03. The summed E-state index contributed by atoms with van der Waals surface area (Å²) in [6.45, 7) is 0. The van der Waals surface area contributed by atoms with Crippen molar-refractivity contribution >= 4 is 43.8 Å². The van der Waals surface area contributed by atoms with Gasteiger partial charge in [0, 0.05) is 16.6 Å². The molecule has 3 aromatic heterocycles. The summed E-state index contributed by atoms with van der Waals surface area (Å²) in [6, 6.07) is 0. The average molecular weight is 254 g/mol. The molecule has 0 radical (unpaired) electrons. The molecule has 0 fully saturated rings. The fourth-order valence-electron chi connectivity index (χ4n) is 1.50. The zero-order valence-electron chi connectivity index (χ0n) is 8.10. The number of hydrogen-bond donors (Lipinski definition) is 2. The number of aromatic amines is 2. The number of H-pyrrole nitrogens is 2. The molecule has 0 aliphatic heterocycles. The van der Waals surface area contributed by atoms with Crippen LogP contribution in [0.4, 0.5) is 0 Å². The van der Waals surface area contributed by atoms with Crippen LogP contribution in [0.3, 0.4) is 0 Å². The zero-order valence-corrected chi connectivity index (χ0v) is 9.74. The fourth-order valence-corrected chi connectivity index (χ4v) is 3.21. The molecular formula is C8H6N4O2S2. The molecule has 16 heavy (non-hydrogen) atoms. The normalized spacial score (nSPS) is 13.6. The summed E-state index contributed by atoms with van der Waals surface area (Å²) >= 11 is 0.208. The Morgan fingerprint density at radius 2 is 2.38 bits per heavy atom. The van der Waals surface area contributed by atoms with E-state index in [9.17, 15) is 9.35 Å². The first-order valence-electron chi connectivity index (χ1n) is 4.36. The molecule has 0 saturated heterocycles. The number of nitrogens with one attached hydrogen (secondary N) is 2. The second-order valence-corrected chi connectivity index (χ2v) is 5.78. The van der Waals surface area contributed by atoms with E-state index in [1.54, 1.807) is 12.5 Å². The first-order chi connectivity index (χ1) is 7.66. The first-order valence-corrected chi connectivity index (χ1v) is 6.73. The Bertz CT molecular complexity index is 726. The monoisotopic (exact) mass is 254 g/mol. The lowest BCUT2D eigenvalue weighted by atomic mass is 10.4. The molecule has 0 spiro atoms. The highest BCUT2D eigenvalue weighted by Crippen LogP contribution is 2.30. The highest BCUT2D eigenvalue weighted by molar-refractivity contribution is 7.92. The lowest BCUT2D eigenvalue weighted by Crippen LogP contribution is -2.06. The van der Waals surface area contributed by atoms with E-state index in [4.69, 9.17) is 0 Å². The Morgan fingerprint density at radius 3 is 3.12 bits per heavy atom. The van der Waals surface area contributed by atoms with Crippen molar-refractivity contribution < 1.29 is 4.55 Å². The molecule has 3 aromatic rings. The fraction of sp³-hybridized carbons (Fsp3) is 0.125. The molecule has 0 saturated carbocycles. The summed E-state index contributed by atoms with van der Waals surface area (Å²) in [7, 11) is 0. The van der Waals surface area contributed by atoms with Crippen molar-refractivity contribution in [2.75, 3.05) is 6.26 Å². The van der Waals surface area contributed by atoms with E-state index in [1.165, 1.54) is 11.3 Å². The molecule has 2 N–H and O–H groups in total. The molecule has 1 atom stereocenters. The van der Waals surface area contributed by atoms with E-state index < -0.39 is 11.2 Å². The quantitative estimate of drug-likeness (QED) is 0.621. The van der Waals surface area contributed by atoms with Crippen LogP contribution >= 0.6 is 11.3 Å². The van der Waals surface area contributed by atoms with Gasteiger partial charge in [-0.05, 0) is 0 Å². The second-order valence-electron chi connectivity index (χ2n) is 3.22. The molecule has 0 aliphatic rings. The van der Waals surface area contributed by atoms with Gasteiger partial charge in [0.05, 0.1) is 10.9 Å². The van der Waals surface area contributed by atoms with Gasteiger partial charge >= 0.3 is 4.34 Å². The Labute approximate surface area is 95.9 Å². The van der Waals surface area contributed by atoms with E-state index in [1.807, 2.05) is 0 Å². The van der Waals surface area contributed by atoms with Crippen LogP contribution in [-0.2, 0) is 11.2 Å². The van der Waals surface area contributed by atoms with Gasteiger partial charge in [0.25, 0.3) is 5.56 Å². The predicted molar refractivity (Wildman–Crippen MR) is 62.2 cm³/mol. The molecule has 0 aliphatic carbocycles. The smallest absolute Gasteiger partial charge is 0.303 e. The van der Waals surface area contributed by atoms with Crippen molar-refractivity contribution in [2.45, 2.75) is 4.34 Å². The zero-order chi connectivity index (χ0) is 11.3. The standard InChI is InChI=1S/C8H6N4O2S2/c1-16(14)8-11-6-5(15-8)3-2-9-12-7(13)4(3)10-6/h2,10H,1H3,(H,12,13). The van der Waals surface area contributed by atoms with Crippen LogP contribution in [0.2, 0.25) is 0 Å². The maximum absolute atomic E-state index is 11.4. The summed E-state index contributed by atoms with van der Waals surface area (Å²) in [5.41, 5.74) is 0.766. The molecular weight excluding hydrogens is 248 g/mol. The lowest BCUT2D eigenvalue weighted by Gasteiger charge is -1.95. The number of aromatic nitrogens is 4. The second kappa shape index (κ2) is 3.30. The van der Waals surface area contributed by atoms with Crippen molar-refractivity contribution in [1.29, 1.82) is 0 Å². The van der Waals surface area contributed by atoms with Gasteiger partial charge < -0.3 is 9.54 Å². The van der Waals surface area contributed by atoms with Gasteiger partial charge in [-0.25, -0.2) is 5.10 Å². The molecule has 1 unspecified atom stereocenters. The number of thiazole rings is 1. The summed E-state index contributed by atoms with van der Waals surface area (Å²) in [4.78, 5) is 18.5. The van der Waals surface area contributed by atoms with E-state index in [-0.39, 0.29) is 5.56 Å². The third-order valence-corrected chi connectivity index (χ3v) is 4.62. The van der Waals surface area contributed by atoms with E-state index in [0.29, 0.717) is 20.9 Å². The van der Waals surface area contributed by atoms with Crippen LogP contribution in [-0.4, -0.2) is 31.0 Å². The van der Waals surface area contributed by atoms with Crippen LogP contribution in [0.25, 0.3) is 21.3 Å². The van der Waals surface area contributed by atoms with Crippen LogP contribution in [0.1, 0.15) is 0 Å². The SMILES string of the molecule is C[S+]([O-])c1nc2[nH]c3c(=O)[nH]ncc3c2s1. The van der Waals surface area contributed by atoms with Crippen LogP contribution in [0.5, 0.6) is 0 Å². The molecule has 6 nitrogen and oxygen atoms in total. The summed E-state index contributed by atoms with van der Waals surface area (Å²) in [6.07, 6.45) is 3.14. The van der Waals surface area contributed by atoms with E-state index in [2.05, 4.69) is 20.2 Å². The maximum atomic E-state index is 11.4. The van der Waals surface area contributed by atoms with Crippen LogP contribution in [0, 0.1) is 0 Å². The van der Waals surface area contributed by atoms with Crippen molar-refractivity contribution in [2.24, 2.45) is 0 Å². The lowest BCUT2D eigenvalue weighted by molar-refractivity contribution is 0.600. The molecule has 3 heterocycles. The Hall–Kier alpha value is -1.38. The van der Waals surface area contributed by atoms with Crippen molar-refractivity contribution in [3.8, 4) is 0 Å². The number of nitrogens with zero attached hydrogens (tertiary/aromatic N) is 2. The minimum absolute atomic E-state index is 0.276. The van der Waals surface area contributed by atoms with Gasteiger partial charge in [-0.15, -0.1) is 0 Å². The Morgan fingerprint density at radius 1 is 1.56 bits per heavy atom. The number of hydrogen-bond acceptors (Lipinski definition) is 5. The third kappa shape index (κ3) is 1.27. The summed E-state index contributed by atoms with van der Waals surface area (Å²) in [5, 5.41) is 6.79. The Balaban J connectivity index is 2.43. The minimum Gasteiger partial charge on any atom is -0.610 e. The molecule has 0 bridgehead atoms. The van der Waals surface area contributed by atoms with E-state index >= 15 is 0 Å². The van der Waals surface area contributed by atoms with Gasteiger partial charge in [-0.2, -0.15) is 10.1 Å². The summed E-state index contributed by atoms with van der Waals surface area (Å²) < 4.78 is 12.6. The molecule has 82 valence electrons. The predicted octanol–water partition coefficient (Wildman–Crippen LogP) is 0.598. The topological polar surface area (TPSA) is 97.5 Å². The first kappa shape index (κ1) is 9.82. The molecule has 0 aromatic carbocycles. The van der Waals surface area contributed by atoms with Crippen molar-refractivity contribution in [1.82, 2.24) is 20.2 Å². The number of fused-ring (bicyclic) bond motifs is 3. The minimum atomic E-state index is -1.11. The third-order valence-electron chi connectivity index (χ3n) is 2.20. The van der Waals surface area contributed by atoms with Gasteiger partial charge in [-0.3, -0.25) is 4.79 Å². The van der Waals surface area contributed by atoms with Crippen molar-refractivity contribution in [3.63, 3.8) is 0 Å². The van der Waals surface area contributed by atoms with Gasteiger partial charge in [0.15, 0.2) is 5.65 Å². The van der Waals surface area contributed by atoms with Gasteiger partial charge in [0.2, 0.25) is 0 Å². The molecule has 3 rings (SSSR count). The number of rotatable bonds is 1. The van der Waals surface area contributed by atoms with Crippen molar-refractivity contribution in [3.05, 3.63) is 16.6 Å².